The van der Waals surface area contributed by atoms with Gasteiger partial charge >= 0.3 is 0 Å². The third kappa shape index (κ3) is 4.12. The van der Waals surface area contributed by atoms with Crippen molar-refractivity contribution in [3.05, 3.63) is 82.9 Å². The lowest BCUT2D eigenvalue weighted by Gasteiger charge is -2.31. The number of imidazole rings is 1. The molecule has 31 heavy (non-hydrogen) atoms. The summed E-state index contributed by atoms with van der Waals surface area (Å²) in [6.45, 7) is 5.26. The van der Waals surface area contributed by atoms with Crippen molar-refractivity contribution in [2.24, 2.45) is 0 Å². The summed E-state index contributed by atoms with van der Waals surface area (Å²) in [6, 6.07) is 18.7. The van der Waals surface area contributed by atoms with Crippen molar-refractivity contribution in [2.75, 3.05) is 13.1 Å². The molecule has 0 N–H and O–H groups in total. The predicted octanol–water partition coefficient (Wildman–Crippen LogP) is 5.35. The molecule has 5 rings (SSSR count). The summed E-state index contributed by atoms with van der Waals surface area (Å²) in [5.74, 6) is 0.566. The van der Waals surface area contributed by atoms with E-state index < -0.39 is 0 Å². The van der Waals surface area contributed by atoms with Gasteiger partial charge in [0, 0.05) is 18.7 Å². The normalized spacial score (nSPS) is 16.4. The first-order valence-electron chi connectivity index (χ1n) is 10.8. The molecular weight excluding hydrogens is 402 g/mol. The van der Waals surface area contributed by atoms with E-state index >= 15 is 0 Å². The Balaban J connectivity index is 1.24. The molecule has 2 aromatic heterocycles. The Hall–Kier alpha value is -3.01. The SMILES string of the molecule is C[C@H](c1ccc(C#N)cc1)n1cncc1CN1CCC(c2nc3ccccc3s2)CC1. The maximum Gasteiger partial charge on any atom is 0.0991 e. The highest BCUT2D eigenvalue weighted by atomic mass is 32.1. The van der Waals surface area contributed by atoms with Gasteiger partial charge in [-0.2, -0.15) is 5.26 Å². The second kappa shape index (κ2) is 8.62. The summed E-state index contributed by atoms with van der Waals surface area (Å²) in [4.78, 5) is 11.8. The molecule has 1 fully saturated rings. The minimum Gasteiger partial charge on any atom is -0.326 e. The van der Waals surface area contributed by atoms with E-state index in [9.17, 15) is 0 Å². The van der Waals surface area contributed by atoms with Crippen LogP contribution in [0, 0.1) is 11.3 Å². The van der Waals surface area contributed by atoms with Crippen LogP contribution in [0.5, 0.6) is 0 Å². The number of thiazole rings is 1. The lowest BCUT2D eigenvalue weighted by Crippen LogP contribution is -2.33. The quantitative estimate of drug-likeness (QED) is 0.431. The van der Waals surface area contributed by atoms with E-state index in [0.717, 1.165) is 38.0 Å². The topological polar surface area (TPSA) is 57.7 Å². The van der Waals surface area contributed by atoms with E-state index in [1.54, 1.807) is 0 Å². The fourth-order valence-corrected chi connectivity index (χ4v) is 5.57. The van der Waals surface area contributed by atoms with Crippen molar-refractivity contribution < 1.29 is 0 Å². The second-order valence-corrected chi connectivity index (χ2v) is 9.33. The van der Waals surface area contributed by atoms with Gasteiger partial charge in [0.2, 0.25) is 0 Å². The Morgan fingerprint density at radius 1 is 1.13 bits per heavy atom. The van der Waals surface area contributed by atoms with Crippen molar-refractivity contribution in [2.45, 2.75) is 38.3 Å². The van der Waals surface area contributed by atoms with E-state index in [4.69, 9.17) is 10.2 Å². The Bertz CT molecular complexity index is 1180. The molecule has 0 radical (unpaired) electrons. The minimum atomic E-state index is 0.186. The number of rotatable bonds is 5. The van der Waals surface area contributed by atoms with Gasteiger partial charge < -0.3 is 4.57 Å². The first-order chi connectivity index (χ1) is 15.2. The smallest absolute Gasteiger partial charge is 0.0991 e. The van der Waals surface area contributed by atoms with Crippen LogP contribution in [0.4, 0.5) is 0 Å². The third-order valence-electron chi connectivity index (χ3n) is 6.32. The summed E-state index contributed by atoms with van der Waals surface area (Å²) in [7, 11) is 0. The van der Waals surface area contributed by atoms with E-state index in [1.807, 2.05) is 48.1 Å². The molecule has 1 saturated heterocycles. The number of nitrogens with zero attached hydrogens (tertiary/aromatic N) is 5. The molecular formula is C25H25N5S. The van der Waals surface area contributed by atoms with Crippen LogP contribution in [0.3, 0.4) is 0 Å². The number of hydrogen-bond acceptors (Lipinski definition) is 5. The van der Waals surface area contributed by atoms with Gasteiger partial charge in [-0.3, -0.25) is 4.90 Å². The highest BCUT2D eigenvalue weighted by molar-refractivity contribution is 7.18. The average Bonchev–Trinajstić information content (AvgIpc) is 3.46. The number of piperidine rings is 1. The monoisotopic (exact) mass is 427 g/mol. The van der Waals surface area contributed by atoms with Gasteiger partial charge in [0.15, 0.2) is 0 Å². The van der Waals surface area contributed by atoms with E-state index in [0.29, 0.717) is 11.5 Å². The molecule has 1 aliphatic heterocycles. The fraction of sp³-hybridized carbons (Fsp3) is 0.320. The van der Waals surface area contributed by atoms with E-state index in [-0.39, 0.29) is 6.04 Å². The highest BCUT2D eigenvalue weighted by Crippen LogP contribution is 2.34. The van der Waals surface area contributed by atoms with Gasteiger partial charge in [0.25, 0.3) is 0 Å². The Kier molecular flexibility index (Phi) is 5.54. The average molecular weight is 428 g/mol. The van der Waals surface area contributed by atoms with E-state index in [1.165, 1.54) is 21.0 Å². The molecule has 1 aliphatic rings. The molecule has 156 valence electrons. The number of hydrogen-bond donors (Lipinski definition) is 0. The predicted molar refractivity (Wildman–Crippen MR) is 124 cm³/mol. The van der Waals surface area contributed by atoms with Crippen LogP contribution in [0.2, 0.25) is 0 Å². The molecule has 2 aromatic carbocycles. The lowest BCUT2D eigenvalue weighted by molar-refractivity contribution is 0.199. The van der Waals surface area contributed by atoms with Gasteiger partial charge in [-0.05, 0) is 62.7 Å². The number of nitriles is 1. The van der Waals surface area contributed by atoms with Gasteiger partial charge in [0.1, 0.15) is 0 Å². The van der Waals surface area contributed by atoms with Crippen molar-refractivity contribution >= 4 is 21.6 Å². The summed E-state index contributed by atoms with van der Waals surface area (Å²) >= 11 is 1.85. The number of fused-ring (bicyclic) bond motifs is 1. The summed E-state index contributed by atoms with van der Waals surface area (Å²) in [5.41, 5.74) is 4.24. The molecule has 0 bridgehead atoms. The number of likely N-dealkylation sites (tertiary alicyclic amines) is 1. The lowest BCUT2D eigenvalue weighted by atomic mass is 9.97. The molecule has 3 heterocycles. The van der Waals surface area contributed by atoms with Crippen molar-refractivity contribution in [1.29, 1.82) is 5.26 Å². The van der Waals surface area contributed by atoms with Crippen LogP contribution in [-0.2, 0) is 6.54 Å². The zero-order valence-corrected chi connectivity index (χ0v) is 18.4. The molecule has 5 nitrogen and oxygen atoms in total. The minimum absolute atomic E-state index is 0.186. The zero-order valence-electron chi connectivity index (χ0n) is 17.6. The van der Waals surface area contributed by atoms with Gasteiger partial charge in [-0.15, -0.1) is 11.3 Å². The maximum absolute atomic E-state index is 9.03. The van der Waals surface area contributed by atoms with Crippen LogP contribution < -0.4 is 0 Å². The molecule has 0 amide bonds. The van der Waals surface area contributed by atoms with Crippen molar-refractivity contribution in [3.8, 4) is 6.07 Å². The van der Waals surface area contributed by atoms with Gasteiger partial charge in [-0.1, -0.05) is 24.3 Å². The van der Waals surface area contributed by atoms with Crippen LogP contribution in [0.1, 0.15) is 53.6 Å². The van der Waals surface area contributed by atoms with Crippen LogP contribution in [0.25, 0.3) is 10.2 Å². The molecule has 4 aromatic rings. The molecule has 1 atom stereocenters. The van der Waals surface area contributed by atoms with Gasteiger partial charge in [0.05, 0.1) is 44.9 Å². The van der Waals surface area contributed by atoms with Crippen LogP contribution in [-0.4, -0.2) is 32.5 Å². The first-order valence-corrected chi connectivity index (χ1v) is 11.6. The highest BCUT2D eigenvalue weighted by Gasteiger charge is 2.24. The zero-order chi connectivity index (χ0) is 21.2. The Morgan fingerprint density at radius 3 is 2.65 bits per heavy atom. The second-order valence-electron chi connectivity index (χ2n) is 8.27. The summed E-state index contributed by atoms with van der Waals surface area (Å²) in [5, 5.41) is 10.3. The van der Waals surface area contributed by atoms with Crippen molar-refractivity contribution in [3.63, 3.8) is 0 Å². The molecule has 0 unspecified atom stereocenters. The fourth-order valence-electron chi connectivity index (χ4n) is 4.43. The van der Waals surface area contributed by atoms with E-state index in [2.05, 4.69) is 51.7 Å². The van der Waals surface area contributed by atoms with Crippen LogP contribution in [0.15, 0.2) is 61.1 Å². The molecule has 6 heteroatoms. The van der Waals surface area contributed by atoms with Crippen molar-refractivity contribution in [1.82, 2.24) is 19.4 Å². The third-order valence-corrected chi connectivity index (χ3v) is 7.52. The largest absolute Gasteiger partial charge is 0.326 e. The number of aromatic nitrogens is 3. The van der Waals surface area contributed by atoms with Crippen LogP contribution >= 0.6 is 11.3 Å². The first kappa shape index (κ1) is 19.9. The Morgan fingerprint density at radius 2 is 1.90 bits per heavy atom. The standard InChI is InChI=1S/C25H25N5S/c1-18(20-8-6-19(14-26)7-9-20)30-17-27-15-22(30)16-29-12-10-21(11-13-29)25-28-23-4-2-3-5-24(23)31-25/h2-9,15,17-18,21H,10-13,16H2,1H3/t18-/m1/s1. The maximum atomic E-state index is 9.03. The van der Waals surface area contributed by atoms with Gasteiger partial charge in [-0.25, -0.2) is 9.97 Å². The summed E-state index contributed by atoms with van der Waals surface area (Å²) in [6.07, 6.45) is 6.21. The molecule has 0 aliphatic carbocycles. The summed E-state index contributed by atoms with van der Waals surface area (Å²) < 4.78 is 3.54. The molecule has 0 spiro atoms. The Labute approximate surface area is 186 Å². The number of para-hydroxylation sites is 1. The number of benzene rings is 2. The molecule has 0 saturated carbocycles.